The van der Waals surface area contributed by atoms with Crippen LogP contribution in [0.4, 0.5) is 0 Å². The van der Waals surface area contributed by atoms with Gasteiger partial charge in [0.15, 0.2) is 12.6 Å². The van der Waals surface area contributed by atoms with Gasteiger partial charge in [-0.3, -0.25) is 4.79 Å². The van der Waals surface area contributed by atoms with Crippen LogP contribution in [0.3, 0.4) is 0 Å². The third kappa shape index (κ3) is 2.08. The molecule has 0 saturated carbocycles. The normalized spacial score (nSPS) is 17.1. The number of carbonyl (C=O) groups excluding carboxylic acids is 1. The van der Waals surface area contributed by atoms with Crippen LogP contribution < -0.4 is 4.74 Å². The third-order valence-corrected chi connectivity index (χ3v) is 2.51. The average molecular weight is 222 g/mol. The van der Waals surface area contributed by atoms with Gasteiger partial charge < -0.3 is 14.2 Å². The highest BCUT2D eigenvalue weighted by molar-refractivity contribution is 5.78. The summed E-state index contributed by atoms with van der Waals surface area (Å²) in [5.41, 5.74) is 1.23. The molecule has 0 aromatic heterocycles. The van der Waals surface area contributed by atoms with E-state index in [0.717, 1.165) is 12.7 Å². The van der Waals surface area contributed by atoms with Gasteiger partial charge in [-0.05, 0) is 12.5 Å². The molecule has 1 aliphatic heterocycles. The quantitative estimate of drug-likeness (QED) is 0.733. The van der Waals surface area contributed by atoms with E-state index in [2.05, 4.69) is 0 Å². The monoisotopic (exact) mass is 222 g/mol. The highest BCUT2D eigenvalue weighted by Crippen LogP contribution is 2.32. The Morgan fingerprint density at radius 1 is 1.38 bits per heavy atom. The number of rotatable bonds is 3. The maximum atomic E-state index is 11.0. The fourth-order valence-corrected chi connectivity index (χ4v) is 1.75. The molecule has 1 saturated heterocycles. The first kappa shape index (κ1) is 11.1. The number of benzene rings is 1. The maximum absolute atomic E-state index is 11.0. The van der Waals surface area contributed by atoms with Crippen molar-refractivity contribution in [2.45, 2.75) is 12.7 Å². The molecule has 0 atom stereocenters. The van der Waals surface area contributed by atoms with Gasteiger partial charge in [-0.2, -0.15) is 0 Å². The number of carbonyl (C=O) groups is 1. The maximum Gasteiger partial charge on any atom is 0.188 e. The zero-order valence-corrected chi connectivity index (χ0v) is 9.14. The molecule has 0 bridgehead atoms. The first-order valence-corrected chi connectivity index (χ1v) is 5.22. The molecule has 2 rings (SSSR count). The molecule has 0 amide bonds. The van der Waals surface area contributed by atoms with Crippen molar-refractivity contribution in [3.8, 4) is 5.75 Å². The predicted octanol–water partition coefficient (Wildman–Crippen LogP) is 1.94. The summed E-state index contributed by atoms with van der Waals surface area (Å²) >= 11 is 0. The summed E-state index contributed by atoms with van der Waals surface area (Å²) in [6, 6.07) is 5.30. The topological polar surface area (TPSA) is 44.8 Å². The van der Waals surface area contributed by atoms with E-state index < -0.39 is 6.29 Å². The van der Waals surface area contributed by atoms with Crippen LogP contribution in [0.15, 0.2) is 18.2 Å². The zero-order valence-electron chi connectivity index (χ0n) is 9.14. The van der Waals surface area contributed by atoms with Gasteiger partial charge in [-0.15, -0.1) is 0 Å². The van der Waals surface area contributed by atoms with E-state index in [0.29, 0.717) is 30.1 Å². The first-order chi connectivity index (χ1) is 7.86. The Bertz CT molecular complexity index is 369. The average Bonchev–Trinajstić information content (AvgIpc) is 2.38. The molecule has 16 heavy (non-hydrogen) atoms. The van der Waals surface area contributed by atoms with Gasteiger partial charge in [-0.1, -0.05) is 12.1 Å². The van der Waals surface area contributed by atoms with Crippen LogP contribution >= 0.6 is 0 Å². The summed E-state index contributed by atoms with van der Waals surface area (Å²) in [4.78, 5) is 11.0. The molecule has 4 nitrogen and oxygen atoms in total. The standard InChI is InChI=1S/C12H14O4/c1-14-10-5-2-4-9(8-13)11(10)12-15-6-3-7-16-12/h2,4-5,8,12H,3,6-7H2,1H3. The Labute approximate surface area is 94.1 Å². The highest BCUT2D eigenvalue weighted by Gasteiger charge is 2.23. The summed E-state index contributed by atoms with van der Waals surface area (Å²) in [5, 5.41) is 0. The number of ether oxygens (including phenoxy) is 3. The highest BCUT2D eigenvalue weighted by atomic mass is 16.7. The lowest BCUT2D eigenvalue weighted by molar-refractivity contribution is -0.183. The van der Waals surface area contributed by atoms with Gasteiger partial charge in [0.05, 0.1) is 25.9 Å². The van der Waals surface area contributed by atoms with E-state index >= 15 is 0 Å². The Hall–Kier alpha value is -1.39. The van der Waals surface area contributed by atoms with E-state index in [-0.39, 0.29) is 0 Å². The van der Waals surface area contributed by atoms with Crippen LogP contribution in [-0.4, -0.2) is 26.6 Å². The molecule has 1 heterocycles. The van der Waals surface area contributed by atoms with Crippen molar-refractivity contribution in [3.05, 3.63) is 29.3 Å². The fourth-order valence-electron chi connectivity index (χ4n) is 1.75. The largest absolute Gasteiger partial charge is 0.496 e. The minimum atomic E-state index is -0.495. The van der Waals surface area contributed by atoms with Crippen LogP contribution in [0.1, 0.15) is 28.6 Å². The molecule has 1 fully saturated rings. The summed E-state index contributed by atoms with van der Waals surface area (Å²) in [6.45, 7) is 1.28. The Kier molecular flexibility index (Phi) is 3.54. The molecular weight excluding hydrogens is 208 g/mol. The van der Waals surface area contributed by atoms with E-state index in [1.165, 1.54) is 0 Å². The lowest BCUT2D eigenvalue weighted by atomic mass is 10.1. The smallest absolute Gasteiger partial charge is 0.188 e. The minimum Gasteiger partial charge on any atom is -0.496 e. The molecule has 1 aliphatic rings. The van der Waals surface area contributed by atoms with E-state index in [1.807, 2.05) is 0 Å². The van der Waals surface area contributed by atoms with Crippen LogP contribution in [0.25, 0.3) is 0 Å². The molecular formula is C12H14O4. The van der Waals surface area contributed by atoms with Gasteiger partial charge in [0.2, 0.25) is 0 Å². The molecule has 86 valence electrons. The van der Waals surface area contributed by atoms with Crippen molar-refractivity contribution in [3.63, 3.8) is 0 Å². The summed E-state index contributed by atoms with van der Waals surface area (Å²) in [7, 11) is 1.57. The van der Waals surface area contributed by atoms with E-state index in [9.17, 15) is 4.79 Å². The third-order valence-electron chi connectivity index (χ3n) is 2.51. The molecule has 4 heteroatoms. The Morgan fingerprint density at radius 2 is 2.12 bits per heavy atom. The molecule has 1 aromatic rings. The van der Waals surface area contributed by atoms with Crippen molar-refractivity contribution >= 4 is 6.29 Å². The Balaban J connectivity index is 2.38. The minimum absolute atomic E-state index is 0.495. The summed E-state index contributed by atoms with van der Waals surface area (Å²) in [6.07, 6.45) is 1.17. The van der Waals surface area contributed by atoms with Crippen molar-refractivity contribution in [2.75, 3.05) is 20.3 Å². The zero-order chi connectivity index (χ0) is 11.4. The SMILES string of the molecule is COc1cccc(C=O)c1C1OCCCO1. The van der Waals surface area contributed by atoms with E-state index in [4.69, 9.17) is 14.2 Å². The molecule has 0 radical (unpaired) electrons. The molecule has 0 spiro atoms. The summed E-state index contributed by atoms with van der Waals surface area (Å²) in [5.74, 6) is 0.622. The first-order valence-electron chi connectivity index (χ1n) is 5.22. The van der Waals surface area contributed by atoms with Crippen LogP contribution in [0, 0.1) is 0 Å². The van der Waals surface area contributed by atoms with Crippen molar-refractivity contribution in [1.29, 1.82) is 0 Å². The molecule has 0 N–H and O–H groups in total. The number of aldehydes is 1. The number of hydrogen-bond acceptors (Lipinski definition) is 4. The van der Waals surface area contributed by atoms with Crippen molar-refractivity contribution in [2.24, 2.45) is 0 Å². The van der Waals surface area contributed by atoms with E-state index in [1.54, 1.807) is 25.3 Å². The van der Waals surface area contributed by atoms with Crippen molar-refractivity contribution < 1.29 is 19.0 Å². The van der Waals surface area contributed by atoms with Gasteiger partial charge in [-0.25, -0.2) is 0 Å². The van der Waals surface area contributed by atoms with Gasteiger partial charge in [0, 0.05) is 5.56 Å². The Morgan fingerprint density at radius 3 is 2.75 bits per heavy atom. The second-order valence-corrected chi connectivity index (χ2v) is 3.51. The summed E-state index contributed by atoms with van der Waals surface area (Å²) < 4.78 is 16.2. The van der Waals surface area contributed by atoms with Crippen LogP contribution in [-0.2, 0) is 9.47 Å². The van der Waals surface area contributed by atoms with Gasteiger partial charge in [0.25, 0.3) is 0 Å². The van der Waals surface area contributed by atoms with Gasteiger partial charge >= 0.3 is 0 Å². The number of hydrogen-bond donors (Lipinski definition) is 0. The molecule has 1 aromatic carbocycles. The lowest BCUT2D eigenvalue weighted by Gasteiger charge is -2.25. The van der Waals surface area contributed by atoms with Crippen molar-refractivity contribution in [1.82, 2.24) is 0 Å². The molecule has 0 unspecified atom stereocenters. The molecule has 0 aliphatic carbocycles. The lowest BCUT2D eigenvalue weighted by Crippen LogP contribution is -2.19. The predicted molar refractivity (Wildman–Crippen MR) is 57.6 cm³/mol. The fraction of sp³-hybridized carbons (Fsp3) is 0.417. The number of methoxy groups -OCH3 is 1. The van der Waals surface area contributed by atoms with Crippen LogP contribution in [0.5, 0.6) is 5.75 Å². The van der Waals surface area contributed by atoms with Gasteiger partial charge in [0.1, 0.15) is 5.75 Å². The van der Waals surface area contributed by atoms with Crippen LogP contribution in [0.2, 0.25) is 0 Å². The second-order valence-electron chi connectivity index (χ2n) is 3.51. The second kappa shape index (κ2) is 5.09.